The lowest BCUT2D eigenvalue weighted by molar-refractivity contribution is 0.780. The molecular weight excluding hydrogens is 200 g/mol. The van der Waals surface area contributed by atoms with E-state index < -0.39 is 0 Å². The monoisotopic (exact) mass is 216 g/mol. The Morgan fingerprint density at radius 2 is 1.81 bits per heavy atom. The molecule has 0 aliphatic rings. The molecule has 0 aliphatic carbocycles. The highest BCUT2D eigenvalue weighted by Gasteiger charge is 2.10. The van der Waals surface area contributed by atoms with Crippen LogP contribution in [-0.4, -0.2) is 14.8 Å². The van der Waals surface area contributed by atoms with Crippen LogP contribution in [0.15, 0.2) is 12.1 Å². The molecule has 2 aromatic rings. The number of nitrogen functional groups attached to an aromatic ring is 1. The third kappa shape index (κ3) is 1.66. The second-order valence-electron chi connectivity index (χ2n) is 4.13. The van der Waals surface area contributed by atoms with E-state index in [0.29, 0.717) is 5.82 Å². The van der Waals surface area contributed by atoms with Gasteiger partial charge in [0, 0.05) is 18.8 Å². The third-order valence-electron chi connectivity index (χ3n) is 2.82. The summed E-state index contributed by atoms with van der Waals surface area (Å²) in [5.41, 5.74) is 10.9. The fourth-order valence-corrected chi connectivity index (χ4v) is 1.70. The van der Waals surface area contributed by atoms with Crippen molar-refractivity contribution >= 4 is 5.82 Å². The molecule has 2 N–H and O–H groups in total. The number of anilines is 1. The van der Waals surface area contributed by atoms with Crippen LogP contribution in [0.5, 0.6) is 0 Å². The van der Waals surface area contributed by atoms with Crippen molar-refractivity contribution in [2.75, 3.05) is 5.73 Å². The minimum absolute atomic E-state index is 0.648. The summed E-state index contributed by atoms with van der Waals surface area (Å²) in [4.78, 5) is 4.57. The van der Waals surface area contributed by atoms with Crippen LogP contribution in [0.1, 0.15) is 16.8 Å². The van der Waals surface area contributed by atoms with Gasteiger partial charge in [0.25, 0.3) is 0 Å². The van der Waals surface area contributed by atoms with E-state index >= 15 is 0 Å². The van der Waals surface area contributed by atoms with Gasteiger partial charge in [0.15, 0.2) is 0 Å². The summed E-state index contributed by atoms with van der Waals surface area (Å²) in [5, 5.41) is 4.34. The number of aromatic nitrogens is 3. The number of aryl methyl sites for hydroxylation is 4. The van der Waals surface area contributed by atoms with Gasteiger partial charge in [-0.2, -0.15) is 5.10 Å². The Bertz CT molecular complexity index is 521. The van der Waals surface area contributed by atoms with Crippen molar-refractivity contribution in [2.24, 2.45) is 7.05 Å². The lowest BCUT2D eigenvalue weighted by Crippen LogP contribution is -1.98. The molecule has 0 aliphatic heterocycles. The highest BCUT2D eigenvalue weighted by Crippen LogP contribution is 2.23. The van der Waals surface area contributed by atoms with Gasteiger partial charge in [-0.1, -0.05) is 6.07 Å². The predicted molar refractivity (Wildman–Crippen MR) is 65.1 cm³/mol. The highest BCUT2D eigenvalue weighted by molar-refractivity contribution is 5.62. The smallest absolute Gasteiger partial charge is 0.122 e. The number of hydrogen-bond donors (Lipinski definition) is 1. The Labute approximate surface area is 95.1 Å². The first kappa shape index (κ1) is 10.7. The lowest BCUT2D eigenvalue weighted by atomic mass is 10.1. The van der Waals surface area contributed by atoms with Crippen molar-refractivity contribution in [3.05, 3.63) is 29.0 Å². The Hall–Kier alpha value is -1.84. The molecule has 84 valence electrons. The van der Waals surface area contributed by atoms with E-state index in [1.807, 2.05) is 27.0 Å². The number of nitrogens with two attached hydrogens (primary N) is 1. The lowest BCUT2D eigenvalue weighted by Gasteiger charge is -2.06. The molecule has 0 aromatic carbocycles. The largest absolute Gasteiger partial charge is 0.384 e. The molecule has 16 heavy (non-hydrogen) atoms. The minimum Gasteiger partial charge on any atom is -0.384 e. The van der Waals surface area contributed by atoms with E-state index in [4.69, 9.17) is 5.73 Å². The summed E-state index contributed by atoms with van der Waals surface area (Å²) in [7, 11) is 1.83. The SMILES string of the molecule is Cc1cc(C)c(-c2cc(N)n(C)n2)nc1C. The van der Waals surface area contributed by atoms with Gasteiger partial charge in [0.05, 0.1) is 5.69 Å². The van der Waals surface area contributed by atoms with E-state index in [2.05, 4.69) is 23.1 Å². The molecule has 0 radical (unpaired) electrons. The molecule has 0 spiro atoms. The maximum atomic E-state index is 5.77. The molecule has 0 atom stereocenters. The van der Waals surface area contributed by atoms with E-state index in [0.717, 1.165) is 22.6 Å². The second kappa shape index (κ2) is 3.63. The van der Waals surface area contributed by atoms with Gasteiger partial charge in [-0.25, -0.2) is 0 Å². The summed E-state index contributed by atoms with van der Waals surface area (Å²) in [6.45, 7) is 6.11. The molecule has 2 rings (SSSR count). The van der Waals surface area contributed by atoms with Crippen LogP contribution in [0.2, 0.25) is 0 Å². The number of nitrogens with zero attached hydrogens (tertiary/aromatic N) is 3. The van der Waals surface area contributed by atoms with Gasteiger partial charge in [0.1, 0.15) is 11.5 Å². The highest BCUT2D eigenvalue weighted by atomic mass is 15.3. The van der Waals surface area contributed by atoms with Gasteiger partial charge in [0.2, 0.25) is 0 Å². The number of pyridine rings is 1. The summed E-state index contributed by atoms with van der Waals surface area (Å²) < 4.78 is 1.66. The maximum Gasteiger partial charge on any atom is 0.122 e. The molecule has 0 saturated heterocycles. The molecule has 0 bridgehead atoms. The molecular formula is C12H16N4. The normalized spacial score (nSPS) is 10.8. The van der Waals surface area contributed by atoms with Crippen molar-refractivity contribution in [1.29, 1.82) is 0 Å². The Kier molecular flexibility index (Phi) is 2.42. The predicted octanol–water partition coefficient (Wildman–Crippen LogP) is 1.99. The summed E-state index contributed by atoms with van der Waals surface area (Å²) >= 11 is 0. The van der Waals surface area contributed by atoms with Crippen LogP contribution in [0.4, 0.5) is 5.82 Å². The van der Waals surface area contributed by atoms with Gasteiger partial charge < -0.3 is 5.73 Å². The Balaban J connectivity index is 2.60. The van der Waals surface area contributed by atoms with Crippen LogP contribution < -0.4 is 5.73 Å². The standard InChI is InChI=1S/C12H16N4/c1-7-5-8(2)12(14-9(7)3)10-6-11(13)16(4)15-10/h5-6H,13H2,1-4H3. The van der Waals surface area contributed by atoms with Crippen molar-refractivity contribution < 1.29 is 0 Å². The quantitative estimate of drug-likeness (QED) is 0.793. The topological polar surface area (TPSA) is 56.7 Å². The zero-order valence-electron chi connectivity index (χ0n) is 10.1. The Morgan fingerprint density at radius 1 is 1.12 bits per heavy atom. The Morgan fingerprint density at radius 3 is 2.38 bits per heavy atom. The zero-order chi connectivity index (χ0) is 11.9. The summed E-state index contributed by atoms with van der Waals surface area (Å²) in [6, 6.07) is 3.98. The first-order valence-corrected chi connectivity index (χ1v) is 5.24. The van der Waals surface area contributed by atoms with E-state index in [1.165, 1.54) is 5.56 Å². The van der Waals surface area contributed by atoms with Crippen LogP contribution >= 0.6 is 0 Å². The van der Waals surface area contributed by atoms with Crippen molar-refractivity contribution in [3.63, 3.8) is 0 Å². The first-order chi connectivity index (χ1) is 7.49. The molecule has 2 aromatic heterocycles. The molecule has 2 heterocycles. The summed E-state index contributed by atoms with van der Waals surface area (Å²) in [5.74, 6) is 0.648. The van der Waals surface area contributed by atoms with Gasteiger partial charge in [-0.3, -0.25) is 9.67 Å². The molecule has 0 saturated carbocycles. The van der Waals surface area contributed by atoms with Crippen molar-refractivity contribution in [3.8, 4) is 11.4 Å². The number of rotatable bonds is 1. The van der Waals surface area contributed by atoms with E-state index in [1.54, 1.807) is 4.68 Å². The van der Waals surface area contributed by atoms with E-state index in [-0.39, 0.29) is 0 Å². The number of hydrogen-bond acceptors (Lipinski definition) is 3. The first-order valence-electron chi connectivity index (χ1n) is 5.24. The molecule has 0 amide bonds. The molecule has 0 fully saturated rings. The molecule has 0 unspecified atom stereocenters. The minimum atomic E-state index is 0.648. The van der Waals surface area contributed by atoms with Crippen LogP contribution in [-0.2, 0) is 7.05 Å². The van der Waals surface area contributed by atoms with Crippen molar-refractivity contribution in [1.82, 2.24) is 14.8 Å². The van der Waals surface area contributed by atoms with Crippen LogP contribution in [0, 0.1) is 20.8 Å². The fourth-order valence-electron chi connectivity index (χ4n) is 1.70. The van der Waals surface area contributed by atoms with Crippen molar-refractivity contribution in [2.45, 2.75) is 20.8 Å². The van der Waals surface area contributed by atoms with Gasteiger partial charge in [-0.15, -0.1) is 0 Å². The average Bonchev–Trinajstić information content (AvgIpc) is 2.53. The summed E-state index contributed by atoms with van der Waals surface area (Å²) in [6.07, 6.45) is 0. The maximum absolute atomic E-state index is 5.77. The third-order valence-corrected chi connectivity index (χ3v) is 2.82. The average molecular weight is 216 g/mol. The van der Waals surface area contributed by atoms with E-state index in [9.17, 15) is 0 Å². The van der Waals surface area contributed by atoms with Crippen LogP contribution in [0.25, 0.3) is 11.4 Å². The molecule has 4 heteroatoms. The fraction of sp³-hybridized carbons (Fsp3) is 0.333. The molecule has 4 nitrogen and oxygen atoms in total. The second-order valence-corrected chi connectivity index (χ2v) is 4.13. The van der Waals surface area contributed by atoms with Gasteiger partial charge in [-0.05, 0) is 31.9 Å². The van der Waals surface area contributed by atoms with Gasteiger partial charge >= 0.3 is 0 Å². The zero-order valence-corrected chi connectivity index (χ0v) is 10.1. The van der Waals surface area contributed by atoms with Crippen LogP contribution in [0.3, 0.4) is 0 Å².